The van der Waals surface area contributed by atoms with Crippen LogP contribution in [-0.2, 0) is 0 Å². The molecule has 20 heavy (non-hydrogen) atoms. The Labute approximate surface area is 134 Å². The summed E-state index contributed by atoms with van der Waals surface area (Å²) in [6, 6.07) is 7.30. The van der Waals surface area contributed by atoms with Crippen molar-refractivity contribution in [3.8, 4) is 0 Å². The van der Waals surface area contributed by atoms with E-state index < -0.39 is 0 Å². The molecule has 1 aromatic rings. The number of benzene rings is 1. The summed E-state index contributed by atoms with van der Waals surface area (Å²) in [5.74, 6) is 0.758. The summed E-state index contributed by atoms with van der Waals surface area (Å²) in [5, 5.41) is 8.23. The molecule has 110 valence electrons. The molecule has 2 fully saturated rings. The number of nitrogens with one attached hydrogen (secondary N) is 2. The maximum Gasteiger partial charge on any atom is 0.0487 e. The highest BCUT2D eigenvalue weighted by Crippen LogP contribution is 2.34. The van der Waals surface area contributed by atoms with Crippen LogP contribution in [0.3, 0.4) is 0 Å². The van der Waals surface area contributed by atoms with Crippen molar-refractivity contribution in [2.75, 3.05) is 11.9 Å². The molecule has 2 nitrogen and oxygen atoms in total. The quantitative estimate of drug-likeness (QED) is 0.810. The summed E-state index contributed by atoms with van der Waals surface area (Å²) >= 11 is 9.64. The van der Waals surface area contributed by atoms with Gasteiger partial charge >= 0.3 is 0 Å². The minimum Gasteiger partial charge on any atom is -0.381 e. The van der Waals surface area contributed by atoms with Gasteiger partial charge in [-0.25, -0.2) is 0 Å². The van der Waals surface area contributed by atoms with Gasteiger partial charge in [-0.1, -0.05) is 24.4 Å². The monoisotopic (exact) mass is 356 g/mol. The SMILES string of the molecule is Clc1ccc(NC2CCCCC2C2CCCN2)c(Br)c1. The molecule has 3 atom stereocenters. The molecule has 0 spiro atoms. The fourth-order valence-electron chi connectivity index (χ4n) is 3.70. The van der Waals surface area contributed by atoms with Crippen LogP contribution in [0.15, 0.2) is 22.7 Å². The van der Waals surface area contributed by atoms with E-state index in [4.69, 9.17) is 11.6 Å². The average molecular weight is 358 g/mol. The van der Waals surface area contributed by atoms with E-state index in [9.17, 15) is 0 Å². The van der Waals surface area contributed by atoms with Gasteiger partial charge in [0, 0.05) is 27.3 Å². The average Bonchev–Trinajstić information content (AvgIpc) is 2.96. The zero-order valence-corrected chi connectivity index (χ0v) is 14.0. The topological polar surface area (TPSA) is 24.1 Å². The minimum atomic E-state index is 0.580. The molecule has 1 saturated heterocycles. The second-order valence-electron chi connectivity index (χ2n) is 6.03. The Morgan fingerprint density at radius 3 is 2.75 bits per heavy atom. The van der Waals surface area contributed by atoms with Gasteiger partial charge < -0.3 is 10.6 Å². The lowest BCUT2D eigenvalue weighted by atomic mass is 9.79. The van der Waals surface area contributed by atoms with Gasteiger partial charge in [0.1, 0.15) is 0 Å². The fourth-order valence-corrected chi connectivity index (χ4v) is 4.50. The van der Waals surface area contributed by atoms with Crippen LogP contribution >= 0.6 is 27.5 Å². The molecule has 0 aromatic heterocycles. The maximum absolute atomic E-state index is 6.02. The first kappa shape index (κ1) is 14.7. The number of hydrogen-bond donors (Lipinski definition) is 2. The molecule has 1 aliphatic heterocycles. The van der Waals surface area contributed by atoms with Crippen molar-refractivity contribution in [2.45, 2.75) is 50.6 Å². The largest absolute Gasteiger partial charge is 0.381 e. The van der Waals surface area contributed by atoms with Crippen LogP contribution in [0.5, 0.6) is 0 Å². The van der Waals surface area contributed by atoms with Crippen molar-refractivity contribution < 1.29 is 0 Å². The number of hydrogen-bond acceptors (Lipinski definition) is 2. The molecule has 1 heterocycles. The Bertz CT molecular complexity index is 460. The van der Waals surface area contributed by atoms with Crippen LogP contribution in [0.4, 0.5) is 5.69 Å². The molecular weight excluding hydrogens is 336 g/mol. The lowest BCUT2D eigenvalue weighted by Gasteiger charge is -2.37. The standard InChI is InChI=1S/C16H22BrClN2/c17-13-10-11(18)7-8-16(13)20-15-5-2-1-4-12(15)14-6-3-9-19-14/h7-8,10,12,14-15,19-20H,1-6,9H2. The van der Waals surface area contributed by atoms with Gasteiger partial charge in [-0.3, -0.25) is 0 Å². The normalized spacial score (nSPS) is 30.4. The van der Waals surface area contributed by atoms with Gasteiger partial charge in [-0.15, -0.1) is 0 Å². The highest BCUT2D eigenvalue weighted by atomic mass is 79.9. The Morgan fingerprint density at radius 1 is 1.15 bits per heavy atom. The van der Waals surface area contributed by atoms with Crippen LogP contribution in [0.1, 0.15) is 38.5 Å². The Kier molecular flexibility index (Phi) is 4.90. The van der Waals surface area contributed by atoms with E-state index >= 15 is 0 Å². The van der Waals surface area contributed by atoms with Crippen molar-refractivity contribution in [1.82, 2.24) is 5.32 Å². The number of anilines is 1. The summed E-state index contributed by atoms with van der Waals surface area (Å²) in [4.78, 5) is 0. The van der Waals surface area contributed by atoms with E-state index in [-0.39, 0.29) is 0 Å². The molecule has 0 amide bonds. The molecule has 3 unspecified atom stereocenters. The molecule has 2 N–H and O–H groups in total. The molecule has 2 aliphatic rings. The van der Waals surface area contributed by atoms with E-state index in [0.29, 0.717) is 12.1 Å². The molecule has 0 radical (unpaired) electrons. The first-order valence-corrected chi connectivity index (χ1v) is 8.86. The lowest BCUT2D eigenvalue weighted by Crippen LogP contribution is -2.43. The van der Waals surface area contributed by atoms with Gasteiger partial charge in [0.05, 0.1) is 0 Å². The zero-order valence-electron chi connectivity index (χ0n) is 11.7. The maximum atomic E-state index is 6.02. The van der Waals surface area contributed by atoms with Gasteiger partial charge in [0.15, 0.2) is 0 Å². The van der Waals surface area contributed by atoms with Crippen molar-refractivity contribution >= 4 is 33.2 Å². The highest BCUT2D eigenvalue weighted by Gasteiger charge is 2.33. The third-order valence-electron chi connectivity index (χ3n) is 4.71. The minimum absolute atomic E-state index is 0.580. The Balaban J connectivity index is 1.72. The van der Waals surface area contributed by atoms with Gasteiger partial charge in [-0.05, 0) is 72.3 Å². The Hall–Kier alpha value is -0.250. The van der Waals surface area contributed by atoms with Gasteiger partial charge in [-0.2, -0.15) is 0 Å². The fraction of sp³-hybridized carbons (Fsp3) is 0.625. The third-order valence-corrected chi connectivity index (χ3v) is 5.60. The second kappa shape index (κ2) is 6.67. The Morgan fingerprint density at radius 2 is 2.00 bits per heavy atom. The lowest BCUT2D eigenvalue weighted by molar-refractivity contribution is 0.262. The second-order valence-corrected chi connectivity index (χ2v) is 7.32. The van der Waals surface area contributed by atoms with Crippen molar-refractivity contribution in [2.24, 2.45) is 5.92 Å². The van der Waals surface area contributed by atoms with Crippen LogP contribution in [0.25, 0.3) is 0 Å². The summed E-state index contributed by atoms with van der Waals surface area (Å²) in [6.45, 7) is 1.19. The third kappa shape index (κ3) is 3.32. The molecular formula is C16H22BrClN2. The molecule has 0 bridgehead atoms. The summed E-state index contributed by atoms with van der Waals surface area (Å²) < 4.78 is 1.06. The summed E-state index contributed by atoms with van der Waals surface area (Å²) in [7, 11) is 0. The van der Waals surface area contributed by atoms with E-state index in [1.165, 1.54) is 50.8 Å². The summed E-state index contributed by atoms with van der Waals surface area (Å²) in [5.41, 5.74) is 1.17. The van der Waals surface area contributed by atoms with Gasteiger partial charge in [0.2, 0.25) is 0 Å². The summed E-state index contributed by atoms with van der Waals surface area (Å²) in [6.07, 6.45) is 8.01. The first-order chi connectivity index (χ1) is 9.74. The highest BCUT2D eigenvalue weighted by molar-refractivity contribution is 9.10. The van der Waals surface area contributed by atoms with Gasteiger partial charge in [0.25, 0.3) is 0 Å². The number of rotatable bonds is 3. The van der Waals surface area contributed by atoms with Crippen LogP contribution < -0.4 is 10.6 Å². The molecule has 1 saturated carbocycles. The predicted octanol–water partition coefficient (Wildman–Crippen LogP) is 4.83. The van der Waals surface area contributed by atoms with Crippen LogP contribution in [-0.4, -0.2) is 18.6 Å². The van der Waals surface area contributed by atoms with Crippen LogP contribution in [0, 0.1) is 5.92 Å². The molecule has 3 rings (SSSR count). The smallest absolute Gasteiger partial charge is 0.0487 e. The van der Waals surface area contributed by atoms with E-state index in [1.54, 1.807) is 0 Å². The van der Waals surface area contributed by atoms with E-state index in [1.807, 2.05) is 12.1 Å². The molecule has 1 aliphatic carbocycles. The van der Waals surface area contributed by atoms with E-state index in [0.717, 1.165) is 15.4 Å². The van der Waals surface area contributed by atoms with Crippen molar-refractivity contribution in [1.29, 1.82) is 0 Å². The molecule has 1 aromatic carbocycles. The number of halogens is 2. The predicted molar refractivity (Wildman–Crippen MR) is 89.5 cm³/mol. The van der Waals surface area contributed by atoms with E-state index in [2.05, 4.69) is 32.6 Å². The first-order valence-electron chi connectivity index (χ1n) is 7.69. The zero-order chi connectivity index (χ0) is 13.9. The molecule has 4 heteroatoms. The van der Waals surface area contributed by atoms with Crippen molar-refractivity contribution in [3.05, 3.63) is 27.7 Å². The van der Waals surface area contributed by atoms with Crippen molar-refractivity contribution in [3.63, 3.8) is 0 Å². The van der Waals surface area contributed by atoms with Crippen LogP contribution in [0.2, 0.25) is 5.02 Å².